The zero-order valence-electron chi connectivity index (χ0n) is 17.3. The summed E-state index contributed by atoms with van der Waals surface area (Å²) in [6.07, 6.45) is -4.88. The first-order chi connectivity index (χ1) is 14.9. The minimum Gasteiger partial charge on any atom is -0.505 e. The number of alkyl halides is 3. The molecule has 1 heterocycles. The van der Waals surface area contributed by atoms with Crippen molar-refractivity contribution in [3.63, 3.8) is 0 Å². The fourth-order valence-corrected chi connectivity index (χ4v) is 3.57. The number of phenolic OH excluding ortho intramolecular Hbond substituents is 1. The third kappa shape index (κ3) is 4.39. The van der Waals surface area contributed by atoms with Gasteiger partial charge in [0.2, 0.25) is 0 Å². The Bertz CT molecular complexity index is 1180. The average molecular weight is 453 g/mol. The number of carbonyl (C=O) groups is 2. The molecule has 6 nitrogen and oxygen atoms in total. The summed E-state index contributed by atoms with van der Waals surface area (Å²) in [6.45, 7) is 4.86. The van der Waals surface area contributed by atoms with Gasteiger partial charge in [-0.1, -0.05) is 0 Å². The molecule has 0 bridgehead atoms. The molecular weight excluding hydrogens is 434 g/mol. The molecule has 0 saturated heterocycles. The van der Waals surface area contributed by atoms with E-state index in [0.717, 1.165) is 41.0 Å². The summed E-state index contributed by atoms with van der Waals surface area (Å²) in [5.74, 6) is -4.21. The number of esters is 1. The first-order valence-corrected chi connectivity index (χ1v) is 9.55. The fourth-order valence-electron chi connectivity index (χ4n) is 3.57. The topological polar surface area (TPSA) is 77.8 Å². The standard InChI is InChI=1S/C22H19F4NO5/c1-4-31-21(30)11(2)19-12(3)27(17-10-16(23)18(28)9-15(17)19)20(29)13-5-7-14(8-6-13)32-22(24,25)26/h5-11,28H,4H2,1-3H3. The van der Waals surface area contributed by atoms with E-state index in [1.807, 2.05) is 0 Å². The molecule has 2 aromatic carbocycles. The number of carbonyl (C=O) groups excluding carboxylic acids is 2. The van der Waals surface area contributed by atoms with Gasteiger partial charge in [-0.2, -0.15) is 0 Å². The Labute approximate surface area is 180 Å². The SMILES string of the molecule is CCOC(=O)C(C)c1c(C)n(C(=O)c2ccc(OC(F)(F)F)cc2)c2cc(F)c(O)cc12. The maximum absolute atomic E-state index is 14.1. The molecule has 32 heavy (non-hydrogen) atoms. The number of nitrogens with zero attached hydrogens (tertiary/aromatic N) is 1. The molecule has 3 rings (SSSR count). The van der Waals surface area contributed by atoms with E-state index in [9.17, 15) is 32.3 Å². The summed E-state index contributed by atoms with van der Waals surface area (Å²) >= 11 is 0. The number of benzene rings is 2. The van der Waals surface area contributed by atoms with Gasteiger partial charge >= 0.3 is 12.3 Å². The van der Waals surface area contributed by atoms with Crippen LogP contribution in [0.2, 0.25) is 0 Å². The second kappa shape index (κ2) is 8.52. The van der Waals surface area contributed by atoms with Gasteiger partial charge in [-0.3, -0.25) is 14.2 Å². The fraction of sp³-hybridized carbons (Fsp3) is 0.273. The van der Waals surface area contributed by atoms with E-state index in [1.54, 1.807) is 20.8 Å². The van der Waals surface area contributed by atoms with Crippen LogP contribution in [0.15, 0.2) is 36.4 Å². The zero-order valence-corrected chi connectivity index (χ0v) is 17.3. The van der Waals surface area contributed by atoms with Gasteiger partial charge in [-0.05, 0) is 56.7 Å². The van der Waals surface area contributed by atoms with E-state index < -0.39 is 41.5 Å². The van der Waals surface area contributed by atoms with E-state index in [-0.39, 0.29) is 23.1 Å². The van der Waals surface area contributed by atoms with Gasteiger partial charge < -0.3 is 14.6 Å². The molecule has 0 fully saturated rings. The molecule has 0 aliphatic heterocycles. The zero-order chi connectivity index (χ0) is 23.8. The first kappa shape index (κ1) is 23.1. The first-order valence-electron chi connectivity index (χ1n) is 9.55. The third-order valence-corrected chi connectivity index (χ3v) is 4.93. The molecule has 1 atom stereocenters. The average Bonchev–Trinajstić information content (AvgIpc) is 2.97. The molecule has 1 unspecified atom stereocenters. The summed E-state index contributed by atoms with van der Waals surface area (Å²) in [4.78, 5) is 25.5. The van der Waals surface area contributed by atoms with Crippen LogP contribution in [0.5, 0.6) is 11.5 Å². The van der Waals surface area contributed by atoms with E-state index in [4.69, 9.17) is 4.74 Å². The van der Waals surface area contributed by atoms with Crippen molar-refractivity contribution in [1.29, 1.82) is 0 Å². The smallest absolute Gasteiger partial charge is 0.505 e. The summed E-state index contributed by atoms with van der Waals surface area (Å²) in [5, 5.41) is 10.1. The molecule has 1 aromatic heterocycles. The monoisotopic (exact) mass is 453 g/mol. The van der Waals surface area contributed by atoms with Crippen molar-refractivity contribution in [3.8, 4) is 11.5 Å². The van der Waals surface area contributed by atoms with Gasteiger partial charge in [0.15, 0.2) is 11.6 Å². The maximum atomic E-state index is 14.1. The number of phenols is 1. The van der Waals surface area contributed by atoms with Gasteiger partial charge in [-0.25, -0.2) is 4.39 Å². The summed E-state index contributed by atoms with van der Waals surface area (Å²) in [7, 11) is 0. The van der Waals surface area contributed by atoms with Crippen molar-refractivity contribution in [2.75, 3.05) is 6.61 Å². The highest BCUT2D eigenvalue weighted by Crippen LogP contribution is 2.36. The van der Waals surface area contributed by atoms with Crippen molar-refractivity contribution in [3.05, 3.63) is 59.0 Å². The summed E-state index contributed by atoms with van der Waals surface area (Å²) in [5.41, 5.74) is 0.748. The molecule has 1 N–H and O–H groups in total. The number of rotatable bonds is 5. The van der Waals surface area contributed by atoms with Crippen LogP contribution in [0.3, 0.4) is 0 Å². The van der Waals surface area contributed by atoms with Gasteiger partial charge in [0.1, 0.15) is 5.75 Å². The predicted octanol–water partition coefficient (Wildman–Crippen LogP) is 5.05. The van der Waals surface area contributed by atoms with Crippen LogP contribution >= 0.6 is 0 Å². The number of halogens is 4. The lowest BCUT2D eigenvalue weighted by atomic mass is 9.98. The van der Waals surface area contributed by atoms with Crippen molar-refractivity contribution in [1.82, 2.24) is 4.57 Å². The predicted molar refractivity (Wildman–Crippen MR) is 106 cm³/mol. The molecule has 10 heteroatoms. The second-order valence-electron chi connectivity index (χ2n) is 7.01. The molecule has 0 spiro atoms. The molecule has 0 amide bonds. The minimum absolute atomic E-state index is 0.00310. The molecule has 0 aliphatic rings. The normalized spacial score (nSPS) is 12.6. The summed E-state index contributed by atoms with van der Waals surface area (Å²) < 4.78 is 61.3. The Morgan fingerprint density at radius 1 is 1.16 bits per heavy atom. The van der Waals surface area contributed by atoms with E-state index >= 15 is 0 Å². The van der Waals surface area contributed by atoms with Gasteiger partial charge in [-0.15, -0.1) is 13.2 Å². The van der Waals surface area contributed by atoms with Crippen molar-refractivity contribution >= 4 is 22.8 Å². The summed E-state index contributed by atoms with van der Waals surface area (Å²) in [6, 6.07) is 6.32. The highest BCUT2D eigenvalue weighted by atomic mass is 19.4. The second-order valence-corrected chi connectivity index (χ2v) is 7.01. The maximum Gasteiger partial charge on any atom is 0.573 e. The van der Waals surface area contributed by atoms with Gasteiger partial charge in [0.25, 0.3) is 5.91 Å². The van der Waals surface area contributed by atoms with Crippen molar-refractivity contribution in [2.45, 2.75) is 33.1 Å². The van der Waals surface area contributed by atoms with E-state index in [2.05, 4.69) is 4.74 Å². The Hall–Kier alpha value is -3.56. The van der Waals surface area contributed by atoms with Crippen LogP contribution in [0.25, 0.3) is 10.9 Å². The van der Waals surface area contributed by atoms with E-state index in [0.29, 0.717) is 11.3 Å². The van der Waals surface area contributed by atoms with Crippen LogP contribution in [0.1, 0.15) is 41.4 Å². The lowest BCUT2D eigenvalue weighted by Crippen LogP contribution is -2.18. The van der Waals surface area contributed by atoms with Crippen molar-refractivity contribution < 1.29 is 41.7 Å². The molecular formula is C22H19F4NO5. The molecule has 3 aromatic rings. The van der Waals surface area contributed by atoms with Crippen molar-refractivity contribution in [2.24, 2.45) is 0 Å². The van der Waals surface area contributed by atoms with Crippen LogP contribution < -0.4 is 4.74 Å². The van der Waals surface area contributed by atoms with Gasteiger partial charge in [0.05, 0.1) is 18.0 Å². The molecule has 0 saturated carbocycles. The van der Waals surface area contributed by atoms with Crippen LogP contribution in [-0.4, -0.2) is 34.5 Å². The number of aromatic hydroxyl groups is 1. The Morgan fingerprint density at radius 2 is 1.78 bits per heavy atom. The lowest BCUT2D eigenvalue weighted by molar-refractivity contribution is -0.274. The van der Waals surface area contributed by atoms with E-state index in [1.165, 1.54) is 0 Å². The Morgan fingerprint density at radius 3 is 2.34 bits per heavy atom. The molecule has 0 radical (unpaired) electrons. The van der Waals surface area contributed by atoms with Gasteiger partial charge in [0, 0.05) is 22.7 Å². The lowest BCUT2D eigenvalue weighted by Gasteiger charge is -2.12. The molecule has 0 aliphatic carbocycles. The Balaban J connectivity index is 2.13. The van der Waals surface area contributed by atoms with Crippen LogP contribution in [-0.2, 0) is 9.53 Å². The minimum atomic E-state index is -4.88. The highest BCUT2D eigenvalue weighted by Gasteiger charge is 2.31. The van der Waals surface area contributed by atoms with Crippen LogP contribution in [0, 0.1) is 12.7 Å². The Kier molecular flexibility index (Phi) is 6.16. The third-order valence-electron chi connectivity index (χ3n) is 4.93. The number of hydrogen-bond acceptors (Lipinski definition) is 5. The quantitative estimate of drug-likeness (QED) is 0.432. The largest absolute Gasteiger partial charge is 0.573 e. The number of hydrogen-bond donors (Lipinski definition) is 1. The number of fused-ring (bicyclic) bond motifs is 1. The molecule has 170 valence electrons. The van der Waals surface area contributed by atoms with Crippen LogP contribution in [0.4, 0.5) is 17.6 Å². The number of aromatic nitrogens is 1. The number of ether oxygens (including phenoxy) is 2. The highest BCUT2D eigenvalue weighted by molar-refractivity contribution is 6.05.